The molecule has 0 aliphatic rings. The van der Waals surface area contributed by atoms with Gasteiger partial charge in [0.05, 0.1) is 6.04 Å². The van der Waals surface area contributed by atoms with Crippen LogP contribution < -0.4 is 10.6 Å². The lowest BCUT2D eigenvalue weighted by Crippen LogP contribution is -2.34. The quantitative estimate of drug-likeness (QED) is 0.833. The van der Waals surface area contributed by atoms with E-state index in [9.17, 15) is 4.79 Å². The molecule has 3 nitrogen and oxygen atoms in total. The van der Waals surface area contributed by atoms with Crippen molar-refractivity contribution in [2.45, 2.75) is 39.3 Å². The fraction of sp³-hybridized carbons (Fsp3) is 0.500. The number of benzene rings is 1. The second kappa shape index (κ2) is 7.39. The van der Waals surface area contributed by atoms with Gasteiger partial charge in [-0.25, -0.2) is 0 Å². The molecular formula is C14H21ClN2O. The number of halogens is 1. The third kappa shape index (κ3) is 4.67. The van der Waals surface area contributed by atoms with E-state index in [1.165, 1.54) is 0 Å². The van der Waals surface area contributed by atoms with Gasteiger partial charge in [0.25, 0.3) is 0 Å². The van der Waals surface area contributed by atoms with Gasteiger partial charge in [-0.15, -0.1) is 0 Å². The first-order valence-electron chi connectivity index (χ1n) is 6.31. The summed E-state index contributed by atoms with van der Waals surface area (Å²) in [6, 6.07) is 7.69. The van der Waals surface area contributed by atoms with Crippen molar-refractivity contribution in [3.63, 3.8) is 0 Å². The minimum Gasteiger partial charge on any atom is -0.349 e. The van der Waals surface area contributed by atoms with Crippen molar-refractivity contribution in [2.75, 3.05) is 6.54 Å². The highest BCUT2D eigenvalue weighted by Crippen LogP contribution is 2.22. The maximum atomic E-state index is 11.8. The van der Waals surface area contributed by atoms with Crippen LogP contribution in [0.5, 0.6) is 0 Å². The van der Waals surface area contributed by atoms with Gasteiger partial charge in [0.2, 0.25) is 5.91 Å². The van der Waals surface area contributed by atoms with Crippen LogP contribution in [-0.2, 0) is 4.79 Å². The van der Waals surface area contributed by atoms with Crippen LogP contribution in [0, 0.1) is 0 Å². The SMILES string of the molecule is CCNC(C)CC(=O)NC(C)c1ccccc1Cl. The second-order valence-electron chi connectivity index (χ2n) is 4.47. The molecule has 2 atom stereocenters. The van der Waals surface area contributed by atoms with Gasteiger partial charge in [-0.1, -0.05) is 36.7 Å². The van der Waals surface area contributed by atoms with Crippen LogP contribution in [0.15, 0.2) is 24.3 Å². The van der Waals surface area contributed by atoms with Gasteiger partial charge in [0.15, 0.2) is 0 Å². The zero-order valence-corrected chi connectivity index (χ0v) is 11.9. The Hall–Kier alpha value is -1.06. The summed E-state index contributed by atoms with van der Waals surface area (Å²) in [5, 5.41) is 6.86. The highest BCUT2D eigenvalue weighted by atomic mass is 35.5. The number of rotatable bonds is 6. The lowest BCUT2D eigenvalue weighted by molar-refractivity contribution is -0.122. The summed E-state index contributed by atoms with van der Waals surface area (Å²) in [4.78, 5) is 11.8. The van der Waals surface area contributed by atoms with Crippen molar-refractivity contribution in [3.8, 4) is 0 Å². The normalized spacial score (nSPS) is 14.0. The molecule has 1 rings (SSSR count). The topological polar surface area (TPSA) is 41.1 Å². The molecule has 0 aliphatic heterocycles. The van der Waals surface area contributed by atoms with Gasteiger partial charge in [-0.2, -0.15) is 0 Å². The number of hydrogen-bond donors (Lipinski definition) is 2. The lowest BCUT2D eigenvalue weighted by atomic mass is 10.1. The number of hydrogen-bond acceptors (Lipinski definition) is 2. The Morgan fingerprint density at radius 3 is 2.61 bits per heavy atom. The van der Waals surface area contributed by atoms with Crippen molar-refractivity contribution < 1.29 is 4.79 Å². The molecule has 2 unspecified atom stereocenters. The molecule has 0 heterocycles. The molecular weight excluding hydrogens is 248 g/mol. The van der Waals surface area contributed by atoms with E-state index in [4.69, 9.17) is 11.6 Å². The molecule has 0 saturated heterocycles. The predicted octanol–water partition coefficient (Wildman–Crippen LogP) is 2.91. The van der Waals surface area contributed by atoms with Crippen molar-refractivity contribution in [1.29, 1.82) is 0 Å². The highest BCUT2D eigenvalue weighted by Gasteiger charge is 2.13. The first kappa shape index (κ1) is 15.0. The van der Waals surface area contributed by atoms with Gasteiger partial charge < -0.3 is 10.6 Å². The predicted molar refractivity (Wildman–Crippen MR) is 75.8 cm³/mol. The van der Waals surface area contributed by atoms with E-state index in [1.807, 2.05) is 45.0 Å². The van der Waals surface area contributed by atoms with Crippen LogP contribution in [-0.4, -0.2) is 18.5 Å². The van der Waals surface area contributed by atoms with Gasteiger partial charge in [-0.3, -0.25) is 4.79 Å². The minimum atomic E-state index is -0.0694. The second-order valence-corrected chi connectivity index (χ2v) is 4.88. The summed E-state index contributed by atoms with van der Waals surface area (Å²) in [7, 11) is 0. The van der Waals surface area contributed by atoms with E-state index in [-0.39, 0.29) is 18.0 Å². The maximum Gasteiger partial charge on any atom is 0.222 e. The standard InChI is InChI=1S/C14H21ClN2O/c1-4-16-10(2)9-14(18)17-11(3)12-7-5-6-8-13(12)15/h5-8,10-11,16H,4,9H2,1-3H3,(H,17,18). The van der Waals surface area contributed by atoms with Crippen LogP contribution in [0.3, 0.4) is 0 Å². The summed E-state index contributed by atoms with van der Waals surface area (Å²) in [6.07, 6.45) is 0.475. The first-order valence-corrected chi connectivity index (χ1v) is 6.69. The van der Waals surface area contributed by atoms with Gasteiger partial charge in [-0.05, 0) is 32.0 Å². The Bertz CT molecular complexity index is 395. The zero-order valence-electron chi connectivity index (χ0n) is 11.2. The Balaban J connectivity index is 2.52. The molecule has 0 saturated carbocycles. The van der Waals surface area contributed by atoms with E-state index >= 15 is 0 Å². The Kier molecular flexibility index (Phi) is 6.16. The fourth-order valence-corrected chi connectivity index (χ4v) is 2.20. The van der Waals surface area contributed by atoms with Crippen molar-refractivity contribution in [3.05, 3.63) is 34.9 Å². The summed E-state index contributed by atoms with van der Waals surface area (Å²) < 4.78 is 0. The molecule has 1 aromatic carbocycles. The number of carbonyl (C=O) groups is 1. The Morgan fingerprint density at radius 1 is 1.33 bits per heavy atom. The largest absolute Gasteiger partial charge is 0.349 e. The summed E-state index contributed by atoms with van der Waals surface area (Å²) in [5.74, 6) is 0.0378. The molecule has 0 spiro atoms. The number of amides is 1. The van der Waals surface area contributed by atoms with Crippen LogP contribution in [0.25, 0.3) is 0 Å². The van der Waals surface area contributed by atoms with E-state index in [0.29, 0.717) is 11.4 Å². The minimum absolute atomic E-state index is 0.0378. The molecule has 0 bridgehead atoms. The lowest BCUT2D eigenvalue weighted by Gasteiger charge is -2.17. The van der Waals surface area contributed by atoms with Crippen LogP contribution in [0.1, 0.15) is 38.8 Å². The van der Waals surface area contributed by atoms with Gasteiger partial charge in [0.1, 0.15) is 0 Å². The van der Waals surface area contributed by atoms with Crippen LogP contribution >= 0.6 is 11.6 Å². The van der Waals surface area contributed by atoms with E-state index in [0.717, 1.165) is 12.1 Å². The summed E-state index contributed by atoms with van der Waals surface area (Å²) >= 11 is 6.09. The van der Waals surface area contributed by atoms with E-state index < -0.39 is 0 Å². The molecule has 100 valence electrons. The van der Waals surface area contributed by atoms with Crippen LogP contribution in [0.2, 0.25) is 5.02 Å². The average molecular weight is 269 g/mol. The molecule has 1 amide bonds. The summed E-state index contributed by atoms with van der Waals surface area (Å²) in [5.41, 5.74) is 0.948. The van der Waals surface area contributed by atoms with E-state index in [2.05, 4.69) is 10.6 Å². The molecule has 18 heavy (non-hydrogen) atoms. The van der Waals surface area contributed by atoms with Gasteiger partial charge in [0, 0.05) is 17.5 Å². The molecule has 0 aromatic heterocycles. The first-order chi connectivity index (χ1) is 8.54. The third-order valence-corrected chi connectivity index (χ3v) is 3.14. The third-order valence-electron chi connectivity index (χ3n) is 2.79. The smallest absolute Gasteiger partial charge is 0.222 e. The van der Waals surface area contributed by atoms with E-state index in [1.54, 1.807) is 0 Å². The number of carbonyl (C=O) groups excluding carboxylic acids is 1. The molecule has 0 fully saturated rings. The van der Waals surface area contributed by atoms with Crippen molar-refractivity contribution in [2.24, 2.45) is 0 Å². The average Bonchev–Trinajstić information content (AvgIpc) is 2.29. The maximum absolute atomic E-state index is 11.8. The number of nitrogens with one attached hydrogen (secondary N) is 2. The Morgan fingerprint density at radius 2 is 2.00 bits per heavy atom. The van der Waals surface area contributed by atoms with Crippen molar-refractivity contribution in [1.82, 2.24) is 10.6 Å². The molecule has 2 N–H and O–H groups in total. The molecule has 4 heteroatoms. The summed E-state index contributed by atoms with van der Waals surface area (Å²) in [6.45, 7) is 6.84. The highest BCUT2D eigenvalue weighted by molar-refractivity contribution is 6.31. The fourth-order valence-electron chi connectivity index (χ4n) is 1.90. The van der Waals surface area contributed by atoms with Gasteiger partial charge >= 0.3 is 0 Å². The van der Waals surface area contributed by atoms with Crippen LogP contribution in [0.4, 0.5) is 0 Å². The zero-order chi connectivity index (χ0) is 13.5. The Labute approximate surface area is 114 Å². The molecule has 1 aromatic rings. The van der Waals surface area contributed by atoms with Crippen molar-refractivity contribution >= 4 is 17.5 Å². The molecule has 0 aliphatic carbocycles. The monoisotopic (exact) mass is 268 g/mol. The molecule has 0 radical (unpaired) electrons.